The first-order valence-electron chi connectivity index (χ1n) is 12.0. The zero-order chi connectivity index (χ0) is 28.1. The Balaban J connectivity index is 1.46. The lowest BCUT2D eigenvalue weighted by atomic mass is 10.1. The fourth-order valence-electron chi connectivity index (χ4n) is 4.03. The van der Waals surface area contributed by atoms with E-state index in [0.29, 0.717) is 10.4 Å². The number of aromatic nitrogens is 4. The number of anilines is 1. The van der Waals surface area contributed by atoms with Gasteiger partial charge in [-0.2, -0.15) is 4.80 Å². The van der Waals surface area contributed by atoms with Crippen molar-refractivity contribution in [3.05, 3.63) is 118 Å². The molecule has 0 aliphatic rings. The highest BCUT2D eigenvalue weighted by molar-refractivity contribution is 7.10. The van der Waals surface area contributed by atoms with Crippen molar-refractivity contribution in [1.29, 1.82) is 0 Å². The first-order valence-corrected chi connectivity index (χ1v) is 12.9. The minimum absolute atomic E-state index is 0.0185. The number of amides is 2. The van der Waals surface area contributed by atoms with Gasteiger partial charge in [0.2, 0.25) is 11.7 Å². The SMILES string of the molecule is O=C(NCc1ccc(F)cc1)[C@@H](c1cccs1)N(C(=O)Cn1nnc(-c2ccccc2F)n1)c1cccc(F)c1. The van der Waals surface area contributed by atoms with Crippen LogP contribution < -0.4 is 10.2 Å². The van der Waals surface area contributed by atoms with E-state index in [4.69, 9.17) is 0 Å². The van der Waals surface area contributed by atoms with E-state index in [0.717, 1.165) is 10.9 Å². The largest absolute Gasteiger partial charge is 0.350 e. The molecule has 0 bridgehead atoms. The quantitative estimate of drug-likeness (QED) is 0.276. The Kier molecular flexibility index (Phi) is 7.97. The standard InChI is InChI=1S/C28H21F3N6O2S/c29-19-12-10-18(11-13-19)16-32-28(39)26(24-9-4-14-40-24)37(21-6-3-5-20(30)15-21)25(38)17-36-34-27(33-35-36)22-7-1-2-8-23(22)31/h1-15,26H,16-17H2,(H,32,39)/t26-/m1/s1. The van der Waals surface area contributed by atoms with Crippen molar-refractivity contribution in [2.24, 2.45) is 0 Å². The molecule has 12 heteroatoms. The molecule has 0 saturated carbocycles. The Hall–Kier alpha value is -4.84. The molecule has 0 fully saturated rings. The average Bonchev–Trinajstić information content (AvgIpc) is 3.64. The Morgan fingerprint density at radius 3 is 2.45 bits per heavy atom. The summed E-state index contributed by atoms with van der Waals surface area (Å²) in [6.07, 6.45) is 0. The lowest BCUT2D eigenvalue weighted by molar-refractivity contribution is -0.127. The van der Waals surface area contributed by atoms with Crippen LogP contribution >= 0.6 is 11.3 Å². The number of rotatable bonds is 9. The second-order valence-corrected chi connectivity index (χ2v) is 9.61. The fraction of sp³-hybridized carbons (Fsp3) is 0.107. The van der Waals surface area contributed by atoms with Gasteiger partial charge in [0, 0.05) is 17.1 Å². The van der Waals surface area contributed by atoms with E-state index in [1.165, 1.54) is 76.9 Å². The summed E-state index contributed by atoms with van der Waals surface area (Å²) in [5.41, 5.74) is 0.894. The highest BCUT2D eigenvalue weighted by Gasteiger charge is 2.34. The molecule has 1 atom stereocenters. The first-order chi connectivity index (χ1) is 19.4. The number of carbonyl (C=O) groups is 2. The van der Waals surface area contributed by atoms with Gasteiger partial charge in [-0.25, -0.2) is 13.2 Å². The van der Waals surface area contributed by atoms with Crippen molar-refractivity contribution >= 4 is 28.8 Å². The molecular formula is C28H21F3N6O2S. The molecule has 5 rings (SSSR count). The molecule has 5 aromatic rings. The second kappa shape index (κ2) is 11.9. The summed E-state index contributed by atoms with van der Waals surface area (Å²) in [6, 6.07) is 19.1. The Bertz CT molecular complexity index is 1630. The van der Waals surface area contributed by atoms with Gasteiger partial charge in [-0.1, -0.05) is 36.4 Å². The number of nitrogens with zero attached hydrogens (tertiary/aromatic N) is 5. The topological polar surface area (TPSA) is 93.0 Å². The van der Waals surface area contributed by atoms with Crippen LogP contribution in [0.5, 0.6) is 0 Å². The molecular weight excluding hydrogens is 541 g/mol. The number of halogens is 3. The summed E-state index contributed by atoms with van der Waals surface area (Å²) in [5, 5.41) is 16.4. The lowest BCUT2D eigenvalue weighted by Crippen LogP contribution is -2.45. The number of benzene rings is 3. The number of hydrogen-bond acceptors (Lipinski definition) is 6. The zero-order valence-electron chi connectivity index (χ0n) is 20.7. The van der Waals surface area contributed by atoms with Crippen LogP contribution in [-0.4, -0.2) is 32.0 Å². The molecule has 1 N–H and O–H groups in total. The van der Waals surface area contributed by atoms with E-state index in [2.05, 4.69) is 20.7 Å². The van der Waals surface area contributed by atoms with Crippen LogP contribution in [-0.2, 0) is 22.7 Å². The van der Waals surface area contributed by atoms with Crippen LogP contribution in [0.25, 0.3) is 11.4 Å². The van der Waals surface area contributed by atoms with Gasteiger partial charge < -0.3 is 5.32 Å². The van der Waals surface area contributed by atoms with E-state index >= 15 is 0 Å². The third kappa shape index (κ3) is 6.07. The molecule has 2 amide bonds. The summed E-state index contributed by atoms with van der Waals surface area (Å²) in [4.78, 5) is 30.1. The van der Waals surface area contributed by atoms with E-state index in [9.17, 15) is 22.8 Å². The fourth-order valence-corrected chi connectivity index (χ4v) is 4.84. The monoisotopic (exact) mass is 562 g/mol. The van der Waals surface area contributed by atoms with Crippen molar-refractivity contribution in [2.75, 3.05) is 4.90 Å². The van der Waals surface area contributed by atoms with Gasteiger partial charge in [-0.05, 0) is 64.7 Å². The molecule has 2 heterocycles. The molecule has 0 unspecified atom stereocenters. The number of tetrazole rings is 1. The van der Waals surface area contributed by atoms with Crippen molar-refractivity contribution in [2.45, 2.75) is 19.1 Å². The van der Waals surface area contributed by atoms with Gasteiger partial charge in [0.1, 0.15) is 30.0 Å². The summed E-state index contributed by atoms with van der Waals surface area (Å²) in [7, 11) is 0. The first kappa shape index (κ1) is 26.8. The van der Waals surface area contributed by atoms with Crippen molar-refractivity contribution < 1.29 is 22.8 Å². The van der Waals surface area contributed by atoms with Crippen LogP contribution in [0.15, 0.2) is 90.3 Å². The van der Waals surface area contributed by atoms with Crippen molar-refractivity contribution in [1.82, 2.24) is 25.5 Å². The van der Waals surface area contributed by atoms with Gasteiger partial charge in [-0.3, -0.25) is 14.5 Å². The number of carbonyl (C=O) groups excluding carboxylic acids is 2. The van der Waals surface area contributed by atoms with Gasteiger partial charge >= 0.3 is 0 Å². The number of thiophene rings is 1. The molecule has 40 heavy (non-hydrogen) atoms. The number of hydrogen-bond donors (Lipinski definition) is 1. The molecule has 0 radical (unpaired) electrons. The summed E-state index contributed by atoms with van der Waals surface area (Å²) in [5.74, 6) is -2.76. The predicted molar refractivity (Wildman–Crippen MR) is 142 cm³/mol. The summed E-state index contributed by atoms with van der Waals surface area (Å²) < 4.78 is 41.8. The highest BCUT2D eigenvalue weighted by Crippen LogP contribution is 2.31. The minimum Gasteiger partial charge on any atom is -0.350 e. The van der Waals surface area contributed by atoms with Gasteiger partial charge in [0.05, 0.1) is 5.56 Å². The maximum absolute atomic E-state index is 14.3. The second-order valence-electron chi connectivity index (χ2n) is 8.63. The van der Waals surface area contributed by atoms with Crippen LogP contribution in [0.3, 0.4) is 0 Å². The molecule has 2 aromatic heterocycles. The minimum atomic E-state index is -1.18. The molecule has 3 aromatic carbocycles. The average molecular weight is 563 g/mol. The van der Waals surface area contributed by atoms with Crippen LogP contribution in [0.4, 0.5) is 18.9 Å². The molecule has 0 aliphatic carbocycles. The Labute approximate surface area is 230 Å². The Morgan fingerprint density at radius 2 is 1.73 bits per heavy atom. The van der Waals surface area contributed by atoms with Gasteiger partial charge in [0.25, 0.3) is 5.91 Å². The third-order valence-corrected chi connectivity index (χ3v) is 6.82. The van der Waals surface area contributed by atoms with Crippen LogP contribution in [0, 0.1) is 17.5 Å². The Morgan fingerprint density at radius 1 is 0.925 bits per heavy atom. The molecule has 8 nitrogen and oxygen atoms in total. The predicted octanol–water partition coefficient (Wildman–Crippen LogP) is 4.91. The molecule has 202 valence electrons. The van der Waals surface area contributed by atoms with E-state index in [1.807, 2.05) is 0 Å². The highest BCUT2D eigenvalue weighted by atomic mass is 32.1. The van der Waals surface area contributed by atoms with Crippen molar-refractivity contribution in [3.63, 3.8) is 0 Å². The molecule has 0 spiro atoms. The molecule has 0 saturated heterocycles. The normalized spacial score (nSPS) is 11.7. The smallest absolute Gasteiger partial charge is 0.251 e. The van der Waals surface area contributed by atoms with Crippen LogP contribution in [0.2, 0.25) is 0 Å². The lowest BCUT2D eigenvalue weighted by Gasteiger charge is -2.30. The maximum Gasteiger partial charge on any atom is 0.251 e. The van der Waals surface area contributed by atoms with E-state index < -0.39 is 41.9 Å². The zero-order valence-corrected chi connectivity index (χ0v) is 21.6. The molecule has 0 aliphatic heterocycles. The summed E-state index contributed by atoms with van der Waals surface area (Å²) in [6.45, 7) is -0.395. The van der Waals surface area contributed by atoms with Gasteiger partial charge in [0.15, 0.2) is 0 Å². The van der Waals surface area contributed by atoms with Crippen LogP contribution in [0.1, 0.15) is 16.5 Å². The summed E-state index contributed by atoms with van der Waals surface area (Å²) >= 11 is 1.25. The van der Waals surface area contributed by atoms with Crippen molar-refractivity contribution in [3.8, 4) is 11.4 Å². The number of nitrogens with one attached hydrogen (secondary N) is 1. The van der Waals surface area contributed by atoms with E-state index in [-0.39, 0.29) is 23.6 Å². The van der Waals surface area contributed by atoms with Gasteiger partial charge in [-0.15, -0.1) is 21.5 Å². The maximum atomic E-state index is 14.3. The van der Waals surface area contributed by atoms with E-state index in [1.54, 1.807) is 23.6 Å². The third-order valence-electron chi connectivity index (χ3n) is 5.90.